The molecule has 8 N–H and O–H groups in total. The summed E-state index contributed by atoms with van der Waals surface area (Å²) >= 11 is 0. The van der Waals surface area contributed by atoms with E-state index in [9.17, 15) is 40.5 Å². The highest BCUT2D eigenvalue weighted by atomic mass is 16.7. The van der Waals surface area contributed by atoms with Crippen molar-refractivity contribution in [2.45, 2.75) is 197 Å². The second-order valence-electron chi connectivity index (χ2n) is 13.0. The van der Waals surface area contributed by atoms with Gasteiger partial charge in [0, 0.05) is 0 Å². The van der Waals surface area contributed by atoms with Gasteiger partial charge in [-0.2, -0.15) is 0 Å². The number of hydrogen-bond acceptors (Lipinski definition) is 10. The molecule has 0 aromatic rings. The molecule has 268 valence electrons. The zero-order valence-electron chi connectivity index (χ0n) is 28.1. The van der Waals surface area contributed by atoms with Gasteiger partial charge in [-0.3, -0.25) is 4.79 Å². The lowest BCUT2D eigenvalue weighted by Gasteiger charge is -2.40. The molecule has 1 fully saturated rings. The van der Waals surface area contributed by atoms with E-state index in [0.29, 0.717) is 19.3 Å². The third-order valence-electron chi connectivity index (χ3n) is 8.91. The van der Waals surface area contributed by atoms with Crippen LogP contribution in [0.2, 0.25) is 0 Å². The lowest BCUT2D eigenvalue weighted by molar-refractivity contribution is -0.303. The van der Waals surface area contributed by atoms with Gasteiger partial charge in [-0.15, -0.1) is 0 Å². The minimum absolute atomic E-state index is 0.262. The van der Waals surface area contributed by atoms with Crippen LogP contribution in [0, 0.1) is 0 Å². The van der Waals surface area contributed by atoms with E-state index in [4.69, 9.17) is 9.47 Å². The van der Waals surface area contributed by atoms with Crippen molar-refractivity contribution in [2.75, 3.05) is 13.2 Å². The fraction of sp³-hybridized carbons (Fsp3) is 0.971. The Labute approximate surface area is 271 Å². The molecule has 1 aliphatic heterocycles. The first-order chi connectivity index (χ1) is 21.7. The number of rotatable bonds is 28. The summed E-state index contributed by atoms with van der Waals surface area (Å²) in [5, 5.41) is 74.8. The van der Waals surface area contributed by atoms with E-state index in [1.807, 2.05) is 0 Å². The predicted molar refractivity (Wildman–Crippen MR) is 173 cm³/mol. The Morgan fingerprint density at radius 2 is 1.16 bits per heavy atom. The molecule has 1 amide bonds. The first kappa shape index (κ1) is 42.1. The van der Waals surface area contributed by atoms with Crippen LogP contribution >= 0.6 is 0 Å². The van der Waals surface area contributed by atoms with E-state index >= 15 is 0 Å². The molecule has 9 unspecified atom stereocenters. The van der Waals surface area contributed by atoms with Gasteiger partial charge in [0.1, 0.15) is 36.6 Å². The van der Waals surface area contributed by atoms with Crippen molar-refractivity contribution < 1.29 is 50.0 Å². The molecule has 0 spiro atoms. The van der Waals surface area contributed by atoms with Gasteiger partial charge in [0.25, 0.3) is 0 Å². The number of carbonyl (C=O) groups is 1. The third kappa shape index (κ3) is 17.7. The molecule has 11 heteroatoms. The maximum Gasteiger partial charge on any atom is 0.249 e. The van der Waals surface area contributed by atoms with Crippen molar-refractivity contribution in [3.8, 4) is 0 Å². The molecule has 0 aliphatic carbocycles. The average Bonchev–Trinajstić information content (AvgIpc) is 3.04. The summed E-state index contributed by atoms with van der Waals surface area (Å²) in [5.41, 5.74) is 0. The summed E-state index contributed by atoms with van der Waals surface area (Å²) in [6.07, 6.45) is 9.05. The lowest BCUT2D eigenvalue weighted by Crippen LogP contribution is -2.60. The van der Waals surface area contributed by atoms with Crippen LogP contribution in [0.5, 0.6) is 0 Å². The number of carbonyl (C=O) groups excluding carboxylic acids is 1. The Morgan fingerprint density at radius 1 is 0.689 bits per heavy atom. The van der Waals surface area contributed by atoms with Gasteiger partial charge in [0.2, 0.25) is 5.91 Å². The summed E-state index contributed by atoms with van der Waals surface area (Å²) in [5.74, 6) is -0.703. The SMILES string of the molecule is CCCCCCCCCCCCC(O)C(O)C(COC1OC(CO)C(O)C(O)C1O)NC(=O)C(O)CCCCCCCCCC. The number of aliphatic hydroxyl groups excluding tert-OH is 7. The molecule has 45 heavy (non-hydrogen) atoms. The molecule has 11 nitrogen and oxygen atoms in total. The molecular weight excluding hydrogens is 582 g/mol. The Bertz CT molecular complexity index is 714. The number of unbranched alkanes of at least 4 members (excludes halogenated alkanes) is 16. The summed E-state index contributed by atoms with van der Waals surface area (Å²) in [6.45, 7) is 3.33. The molecule has 1 heterocycles. The van der Waals surface area contributed by atoms with E-state index in [2.05, 4.69) is 19.2 Å². The van der Waals surface area contributed by atoms with Crippen LogP contribution in [0.15, 0.2) is 0 Å². The van der Waals surface area contributed by atoms with Gasteiger partial charge in [-0.25, -0.2) is 0 Å². The first-order valence-corrected chi connectivity index (χ1v) is 17.9. The molecule has 1 rings (SSSR count). The average molecular weight is 650 g/mol. The zero-order chi connectivity index (χ0) is 33.5. The van der Waals surface area contributed by atoms with Crippen LogP contribution in [0.3, 0.4) is 0 Å². The monoisotopic (exact) mass is 649 g/mol. The highest BCUT2D eigenvalue weighted by Gasteiger charge is 2.44. The highest BCUT2D eigenvalue weighted by Crippen LogP contribution is 2.23. The van der Waals surface area contributed by atoms with Crippen LogP contribution in [-0.4, -0.2) is 110 Å². The maximum absolute atomic E-state index is 12.9. The minimum Gasteiger partial charge on any atom is -0.394 e. The van der Waals surface area contributed by atoms with Gasteiger partial charge in [0.15, 0.2) is 6.29 Å². The standard InChI is InChI=1S/C34H67NO10/c1-3-5-7-9-11-13-14-16-17-19-21-26(37)29(39)25(24-44-34-32(42)31(41)30(40)28(23-36)45-34)35-33(43)27(38)22-20-18-15-12-10-8-6-4-2/h25-32,34,36-42H,3-24H2,1-2H3,(H,35,43). The summed E-state index contributed by atoms with van der Waals surface area (Å²) in [7, 11) is 0. The Kier molecular flexibility index (Phi) is 24.4. The van der Waals surface area contributed by atoms with Crippen LogP contribution in [0.25, 0.3) is 0 Å². The number of nitrogens with one attached hydrogen (secondary N) is 1. The largest absolute Gasteiger partial charge is 0.394 e. The second kappa shape index (κ2) is 26.1. The molecule has 1 saturated heterocycles. The summed E-state index contributed by atoms with van der Waals surface area (Å²) < 4.78 is 11.0. The van der Waals surface area contributed by atoms with Crippen LogP contribution in [-0.2, 0) is 14.3 Å². The van der Waals surface area contributed by atoms with Gasteiger partial charge in [-0.1, -0.05) is 129 Å². The first-order valence-electron chi connectivity index (χ1n) is 17.9. The Hall–Kier alpha value is -0.890. The highest BCUT2D eigenvalue weighted by molar-refractivity contribution is 5.80. The van der Waals surface area contributed by atoms with E-state index in [1.54, 1.807) is 0 Å². The van der Waals surface area contributed by atoms with E-state index < -0.39 is 74.2 Å². The van der Waals surface area contributed by atoms with E-state index in [-0.39, 0.29) is 6.42 Å². The molecule has 9 atom stereocenters. The van der Waals surface area contributed by atoms with Crippen LogP contribution < -0.4 is 5.32 Å². The van der Waals surface area contributed by atoms with Gasteiger partial charge in [-0.05, 0) is 12.8 Å². The summed E-state index contributed by atoms with van der Waals surface area (Å²) in [6, 6.07) is -1.16. The molecule has 0 radical (unpaired) electrons. The van der Waals surface area contributed by atoms with E-state index in [0.717, 1.165) is 38.5 Å². The smallest absolute Gasteiger partial charge is 0.249 e. The van der Waals surface area contributed by atoms with Crippen molar-refractivity contribution in [1.82, 2.24) is 5.32 Å². The predicted octanol–water partition coefficient (Wildman–Crippen LogP) is 3.21. The fourth-order valence-corrected chi connectivity index (χ4v) is 5.79. The Balaban J connectivity index is 2.63. The number of ether oxygens (including phenoxy) is 2. The maximum atomic E-state index is 12.9. The molecule has 0 aromatic heterocycles. The molecule has 0 saturated carbocycles. The van der Waals surface area contributed by atoms with Crippen molar-refractivity contribution in [1.29, 1.82) is 0 Å². The van der Waals surface area contributed by atoms with Crippen molar-refractivity contribution in [2.24, 2.45) is 0 Å². The quantitative estimate of drug-likeness (QED) is 0.0585. The molecular formula is C34H67NO10. The Morgan fingerprint density at radius 3 is 1.64 bits per heavy atom. The van der Waals surface area contributed by atoms with Crippen molar-refractivity contribution >= 4 is 5.91 Å². The van der Waals surface area contributed by atoms with E-state index in [1.165, 1.54) is 64.2 Å². The minimum atomic E-state index is -1.65. The second-order valence-corrected chi connectivity index (χ2v) is 13.0. The van der Waals surface area contributed by atoms with Crippen LogP contribution in [0.1, 0.15) is 142 Å². The lowest BCUT2D eigenvalue weighted by atomic mass is 9.98. The number of aliphatic hydroxyl groups is 7. The van der Waals surface area contributed by atoms with Crippen molar-refractivity contribution in [3.05, 3.63) is 0 Å². The zero-order valence-corrected chi connectivity index (χ0v) is 28.1. The number of amides is 1. The fourth-order valence-electron chi connectivity index (χ4n) is 5.79. The summed E-state index contributed by atoms with van der Waals surface area (Å²) in [4.78, 5) is 12.9. The number of hydrogen-bond donors (Lipinski definition) is 8. The van der Waals surface area contributed by atoms with Gasteiger partial charge < -0.3 is 50.5 Å². The van der Waals surface area contributed by atoms with Gasteiger partial charge >= 0.3 is 0 Å². The molecule has 0 aromatic carbocycles. The topological polar surface area (TPSA) is 189 Å². The van der Waals surface area contributed by atoms with Crippen LogP contribution in [0.4, 0.5) is 0 Å². The van der Waals surface area contributed by atoms with Gasteiger partial charge in [0.05, 0.1) is 25.4 Å². The normalized spacial score (nSPS) is 24.7. The third-order valence-corrected chi connectivity index (χ3v) is 8.91. The molecule has 0 bridgehead atoms. The molecule has 1 aliphatic rings. The van der Waals surface area contributed by atoms with Crippen molar-refractivity contribution in [3.63, 3.8) is 0 Å².